The van der Waals surface area contributed by atoms with Crippen molar-refractivity contribution in [3.63, 3.8) is 0 Å². The maximum absolute atomic E-state index is 11.9. The van der Waals surface area contributed by atoms with Gasteiger partial charge in [-0.05, 0) is 13.0 Å². The van der Waals surface area contributed by atoms with Crippen molar-refractivity contribution in [2.75, 3.05) is 52.9 Å². The van der Waals surface area contributed by atoms with Gasteiger partial charge in [0, 0.05) is 45.7 Å². The van der Waals surface area contributed by atoms with Crippen LogP contribution < -0.4 is 5.32 Å². The average Bonchev–Trinajstić information content (AvgIpc) is 2.43. The van der Waals surface area contributed by atoms with Crippen LogP contribution >= 0.6 is 0 Å². The number of ether oxygens (including phenoxy) is 1. The monoisotopic (exact) mass is 285 g/mol. The predicted octanol–water partition coefficient (Wildman–Crippen LogP) is 0.801. The second-order valence-corrected chi connectivity index (χ2v) is 5.92. The zero-order valence-corrected chi connectivity index (χ0v) is 13.5. The van der Waals surface area contributed by atoms with Gasteiger partial charge in [-0.1, -0.05) is 20.8 Å². The summed E-state index contributed by atoms with van der Waals surface area (Å²) >= 11 is 0. The van der Waals surface area contributed by atoms with Gasteiger partial charge in [0.25, 0.3) is 0 Å². The van der Waals surface area contributed by atoms with Crippen LogP contribution in [0.1, 0.15) is 27.2 Å². The van der Waals surface area contributed by atoms with E-state index in [9.17, 15) is 4.79 Å². The van der Waals surface area contributed by atoms with Crippen LogP contribution in [0, 0.1) is 5.92 Å². The molecule has 0 radical (unpaired) electrons. The SMILES string of the molecule is CCCNCCN1CCO[C@H](CN(C)C(=O)C(C)C)C1. The summed E-state index contributed by atoms with van der Waals surface area (Å²) in [5.41, 5.74) is 0. The van der Waals surface area contributed by atoms with E-state index in [0.29, 0.717) is 6.54 Å². The molecule has 1 fully saturated rings. The molecule has 0 unspecified atom stereocenters. The van der Waals surface area contributed by atoms with Gasteiger partial charge in [0.05, 0.1) is 12.7 Å². The Bertz CT molecular complexity index is 284. The molecule has 0 bridgehead atoms. The smallest absolute Gasteiger partial charge is 0.224 e. The highest BCUT2D eigenvalue weighted by atomic mass is 16.5. The van der Waals surface area contributed by atoms with Crippen LogP contribution in [0.2, 0.25) is 0 Å². The minimum Gasteiger partial charge on any atom is -0.374 e. The lowest BCUT2D eigenvalue weighted by Crippen LogP contribution is -2.49. The molecule has 1 aliphatic heterocycles. The Morgan fingerprint density at radius 1 is 1.45 bits per heavy atom. The molecule has 0 aromatic rings. The highest BCUT2D eigenvalue weighted by molar-refractivity contribution is 5.77. The Labute approximate surface area is 123 Å². The Kier molecular flexibility index (Phi) is 8.11. The lowest BCUT2D eigenvalue weighted by molar-refractivity contribution is -0.136. The van der Waals surface area contributed by atoms with Crippen LogP contribution in [-0.2, 0) is 9.53 Å². The van der Waals surface area contributed by atoms with Crippen LogP contribution in [-0.4, -0.2) is 74.7 Å². The molecule has 118 valence electrons. The number of rotatable bonds is 8. The zero-order valence-electron chi connectivity index (χ0n) is 13.5. The lowest BCUT2D eigenvalue weighted by atomic mass is 10.2. The Hall–Kier alpha value is -0.650. The average molecular weight is 285 g/mol. The van der Waals surface area contributed by atoms with Gasteiger partial charge in [-0.15, -0.1) is 0 Å². The van der Waals surface area contributed by atoms with Crippen molar-refractivity contribution < 1.29 is 9.53 Å². The zero-order chi connectivity index (χ0) is 15.0. The first-order valence-corrected chi connectivity index (χ1v) is 7.84. The third-order valence-electron chi connectivity index (χ3n) is 3.60. The fourth-order valence-corrected chi connectivity index (χ4v) is 2.47. The molecular weight excluding hydrogens is 254 g/mol. The number of likely N-dealkylation sites (N-methyl/N-ethyl adjacent to an activating group) is 1. The topological polar surface area (TPSA) is 44.8 Å². The maximum Gasteiger partial charge on any atom is 0.224 e. The van der Waals surface area contributed by atoms with E-state index in [1.165, 1.54) is 6.42 Å². The van der Waals surface area contributed by atoms with Gasteiger partial charge in [0.1, 0.15) is 0 Å². The molecule has 1 atom stereocenters. The Morgan fingerprint density at radius 2 is 2.20 bits per heavy atom. The highest BCUT2D eigenvalue weighted by Gasteiger charge is 2.23. The fraction of sp³-hybridized carbons (Fsp3) is 0.933. The van der Waals surface area contributed by atoms with Crippen molar-refractivity contribution in [2.45, 2.75) is 33.3 Å². The minimum absolute atomic E-state index is 0.0536. The van der Waals surface area contributed by atoms with E-state index in [-0.39, 0.29) is 17.9 Å². The first-order chi connectivity index (χ1) is 9.54. The van der Waals surface area contributed by atoms with E-state index in [1.807, 2.05) is 20.9 Å². The van der Waals surface area contributed by atoms with Gasteiger partial charge in [-0.2, -0.15) is 0 Å². The molecule has 1 aliphatic rings. The van der Waals surface area contributed by atoms with Crippen LogP contribution in [0.25, 0.3) is 0 Å². The molecule has 0 spiro atoms. The molecule has 0 aromatic heterocycles. The normalized spacial score (nSPS) is 20.4. The molecule has 1 N–H and O–H groups in total. The summed E-state index contributed by atoms with van der Waals surface area (Å²) in [4.78, 5) is 16.1. The molecule has 5 heteroatoms. The molecule has 1 saturated heterocycles. The number of carbonyl (C=O) groups is 1. The molecule has 1 heterocycles. The summed E-state index contributed by atoms with van der Waals surface area (Å²) in [7, 11) is 1.87. The first kappa shape index (κ1) is 17.4. The molecule has 1 rings (SSSR count). The van der Waals surface area contributed by atoms with E-state index in [2.05, 4.69) is 17.1 Å². The van der Waals surface area contributed by atoms with Gasteiger partial charge in [-0.3, -0.25) is 9.69 Å². The molecule has 0 aromatic carbocycles. The number of carbonyl (C=O) groups excluding carboxylic acids is 1. The van der Waals surface area contributed by atoms with Crippen molar-refractivity contribution in [2.24, 2.45) is 5.92 Å². The maximum atomic E-state index is 11.9. The predicted molar refractivity (Wildman–Crippen MR) is 81.8 cm³/mol. The molecular formula is C15H31N3O2. The van der Waals surface area contributed by atoms with Crippen molar-refractivity contribution in [3.05, 3.63) is 0 Å². The molecule has 5 nitrogen and oxygen atoms in total. The van der Waals surface area contributed by atoms with Crippen LogP contribution in [0.4, 0.5) is 0 Å². The van der Waals surface area contributed by atoms with E-state index in [1.54, 1.807) is 4.90 Å². The first-order valence-electron chi connectivity index (χ1n) is 7.84. The third-order valence-corrected chi connectivity index (χ3v) is 3.60. The van der Waals surface area contributed by atoms with E-state index in [0.717, 1.165) is 39.3 Å². The Balaban J connectivity index is 2.28. The van der Waals surface area contributed by atoms with E-state index in [4.69, 9.17) is 4.74 Å². The molecule has 0 aliphatic carbocycles. The van der Waals surface area contributed by atoms with Gasteiger partial charge in [-0.25, -0.2) is 0 Å². The number of amides is 1. The summed E-state index contributed by atoms with van der Waals surface area (Å²) in [5, 5.41) is 3.42. The number of morpholine rings is 1. The minimum atomic E-state index is 0.0536. The van der Waals surface area contributed by atoms with Crippen molar-refractivity contribution in [1.29, 1.82) is 0 Å². The number of nitrogens with zero attached hydrogens (tertiary/aromatic N) is 2. The van der Waals surface area contributed by atoms with Crippen molar-refractivity contribution >= 4 is 5.91 Å². The van der Waals surface area contributed by atoms with Crippen LogP contribution in [0.3, 0.4) is 0 Å². The van der Waals surface area contributed by atoms with E-state index >= 15 is 0 Å². The molecule has 1 amide bonds. The lowest BCUT2D eigenvalue weighted by Gasteiger charge is -2.35. The van der Waals surface area contributed by atoms with Crippen molar-refractivity contribution in [3.8, 4) is 0 Å². The van der Waals surface area contributed by atoms with Crippen molar-refractivity contribution in [1.82, 2.24) is 15.1 Å². The highest BCUT2D eigenvalue weighted by Crippen LogP contribution is 2.08. The summed E-state index contributed by atoms with van der Waals surface area (Å²) < 4.78 is 5.78. The largest absolute Gasteiger partial charge is 0.374 e. The summed E-state index contributed by atoms with van der Waals surface area (Å²) in [6, 6.07) is 0. The number of hydrogen-bond acceptors (Lipinski definition) is 4. The quantitative estimate of drug-likeness (QED) is 0.670. The van der Waals surface area contributed by atoms with Crippen LogP contribution in [0.15, 0.2) is 0 Å². The number of hydrogen-bond donors (Lipinski definition) is 1. The molecule has 0 saturated carbocycles. The van der Waals surface area contributed by atoms with Gasteiger partial charge in [0.2, 0.25) is 5.91 Å². The second-order valence-electron chi connectivity index (χ2n) is 5.92. The summed E-state index contributed by atoms with van der Waals surface area (Å²) in [6.45, 7) is 12.6. The number of nitrogens with one attached hydrogen (secondary N) is 1. The summed E-state index contributed by atoms with van der Waals surface area (Å²) in [5.74, 6) is 0.244. The third kappa shape index (κ3) is 6.20. The standard InChI is InChI=1S/C15H31N3O2/c1-5-6-16-7-8-18-9-10-20-14(12-18)11-17(4)15(19)13(2)3/h13-14,16H,5-12H2,1-4H3/t14-/m1/s1. The fourth-order valence-electron chi connectivity index (χ4n) is 2.47. The second kappa shape index (κ2) is 9.32. The van der Waals surface area contributed by atoms with E-state index < -0.39 is 0 Å². The van der Waals surface area contributed by atoms with Gasteiger partial charge in [0.15, 0.2) is 0 Å². The van der Waals surface area contributed by atoms with Gasteiger partial charge < -0.3 is 15.0 Å². The van der Waals surface area contributed by atoms with Gasteiger partial charge >= 0.3 is 0 Å². The molecule has 20 heavy (non-hydrogen) atoms. The Morgan fingerprint density at radius 3 is 2.85 bits per heavy atom. The van der Waals surface area contributed by atoms with Crippen LogP contribution in [0.5, 0.6) is 0 Å². The summed E-state index contributed by atoms with van der Waals surface area (Å²) in [6.07, 6.45) is 1.32.